The Balaban J connectivity index is 2.79. The van der Waals surface area contributed by atoms with Gasteiger partial charge in [-0.15, -0.1) is 0 Å². The molecule has 1 aromatic heterocycles. The Kier molecular flexibility index (Phi) is 1.65. The summed E-state index contributed by atoms with van der Waals surface area (Å²) in [5, 5.41) is 2.60. The number of aromatic nitrogens is 1. The first-order chi connectivity index (χ1) is 5.77. The number of hydrogen-bond donors (Lipinski definition) is 1. The standard InChI is InChI=1S/C11H13N/c1-8-3-4-10-5-6-12-11(10)9(2)7-8/h3-6,12H,7H2,1-2H3. The Hall–Kier alpha value is -1.24. The monoisotopic (exact) mass is 159 g/mol. The highest BCUT2D eigenvalue weighted by molar-refractivity contribution is 5.52. The fourth-order valence-corrected chi connectivity index (χ4v) is 1.69. The second kappa shape index (κ2) is 2.67. The van der Waals surface area contributed by atoms with Gasteiger partial charge >= 0.3 is 0 Å². The first-order valence-corrected chi connectivity index (χ1v) is 4.28. The number of H-pyrrole nitrogens is 1. The minimum absolute atomic E-state index is 1.09. The molecule has 1 heteroatoms. The average molecular weight is 159 g/mol. The van der Waals surface area contributed by atoms with Crippen molar-refractivity contribution in [2.45, 2.75) is 20.3 Å². The van der Waals surface area contributed by atoms with Crippen LogP contribution < -0.4 is 10.6 Å². The topological polar surface area (TPSA) is 15.8 Å². The van der Waals surface area contributed by atoms with Crippen LogP contribution >= 0.6 is 0 Å². The largest absolute Gasteiger partial charge is 0.361 e. The van der Waals surface area contributed by atoms with Crippen molar-refractivity contribution < 1.29 is 0 Å². The highest BCUT2D eigenvalue weighted by Crippen LogP contribution is 2.09. The minimum atomic E-state index is 1.09. The summed E-state index contributed by atoms with van der Waals surface area (Å²) >= 11 is 0. The Labute approximate surface area is 72.1 Å². The van der Waals surface area contributed by atoms with Crippen molar-refractivity contribution in [2.24, 2.45) is 0 Å². The van der Waals surface area contributed by atoms with Crippen LogP contribution in [0.25, 0.3) is 11.6 Å². The van der Waals surface area contributed by atoms with Crippen LogP contribution in [0, 0.1) is 0 Å². The van der Waals surface area contributed by atoms with Crippen LogP contribution in [0.5, 0.6) is 0 Å². The molecule has 1 aliphatic rings. The van der Waals surface area contributed by atoms with Gasteiger partial charge in [0.15, 0.2) is 0 Å². The summed E-state index contributed by atoms with van der Waals surface area (Å²) in [5.74, 6) is 0. The summed E-state index contributed by atoms with van der Waals surface area (Å²) in [6.45, 7) is 4.36. The molecule has 0 aromatic carbocycles. The van der Waals surface area contributed by atoms with Gasteiger partial charge in [-0.05, 0) is 37.1 Å². The van der Waals surface area contributed by atoms with Gasteiger partial charge in [-0.3, -0.25) is 0 Å². The van der Waals surface area contributed by atoms with E-state index in [2.05, 4.69) is 37.0 Å². The molecule has 1 nitrogen and oxygen atoms in total. The van der Waals surface area contributed by atoms with Gasteiger partial charge in [-0.25, -0.2) is 0 Å². The van der Waals surface area contributed by atoms with E-state index in [1.165, 1.54) is 21.7 Å². The normalized spacial score (nSPS) is 16.2. The molecule has 0 bridgehead atoms. The van der Waals surface area contributed by atoms with E-state index in [9.17, 15) is 0 Å². The summed E-state index contributed by atoms with van der Waals surface area (Å²) in [6, 6.07) is 2.12. The Morgan fingerprint density at radius 2 is 2.08 bits per heavy atom. The molecule has 0 radical (unpaired) electrons. The van der Waals surface area contributed by atoms with E-state index in [1.54, 1.807) is 0 Å². The quantitative estimate of drug-likeness (QED) is 0.587. The molecule has 0 fully saturated rings. The van der Waals surface area contributed by atoms with Crippen molar-refractivity contribution in [3.8, 4) is 0 Å². The lowest BCUT2D eigenvalue weighted by atomic mass is 10.1. The molecule has 0 saturated heterocycles. The highest BCUT2D eigenvalue weighted by atomic mass is 14.6. The van der Waals surface area contributed by atoms with E-state index in [0.717, 1.165) is 6.42 Å². The van der Waals surface area contributed by atoms with E-state index in [0.29, 0.717) is 0 Å². The SMILES string of the molecule is CC1=CC=c2cc[nH]c2=C(C)C1. The van der Waals surface area contributed by atoms with Gasteiger partial charge < -0.3 is 4.98 Å². The van der Waals surface area contributed by atoms with Crippen LogP contribution in [-0.2, 0) is 0 Å². The molecule has 1 N–H and O–H groups in total. The van der Waals surface area contributed by atoms with Crippen molar-refractivity contribution in [3.05, 3.63) is 34.5 Å². The predicted octanol–water partition coefficient (Wildman–Crippen LogP) is 1.32. The van der Waals surface area contributed by atoms with Crippen molar-refractivity contribution in [2.75, 3.05) is 0 Å². The maximum absolute atomic E-state index is 3.27. The zero-order chi connectivity index (χ0) is 8.55. The summed E-state index contributed by atoms with van der Waals surface area (Å²) in [7, 11) is 0. The van der Waals surface area contributed by atoms with Gasteiger partial charge in [0, 0.05) is 11.5 Å². The fourth-order valence-electron chi connectivity index (χ4n) is 1.69. The van der Waals surface area contributed by atoms with Crippen molar-refractivity contribution in [1.29, 1.82) is 0 Å². The number of aromatic amines is 1. The molecule has 1 aliphatic carbocycles. The van der Waals surface area contributed by atoms with Crippen molar-refractivity contribution >= 4 is 11.6 Å². The summed E-state index contributed by atoms with van der Waals surface area (Å²) in [6.07, 6.45) is 7.46. The zero-order valence-electron chi connectivity index (χ0n) is 7.52. The lowest BCUT2D eigenvalue weighted by Gasteiger charge is -1.97. The molecule has 0 saturated carbocycles. The van der Waals surface area contributed by atoms with Crippen molar-refractivity contribution in [3.63, 3.8) is 0 Å². The second-order valence-corrected chi connectivity index (χ2v) is 3.44. The van der Waals surface area contributed by atoms with E-state index in [1.807, 2.05) is 6.20 Å². The van der Waals surface area contributed by atoms with E-state index in [-0.39, 0.29) is 0 Å². The third-order valence-corrected chi connectivity index (χ3v) is 2.30. The molecule has 0 aliphatic heterocycles. The van der Waals surface area contributed by atoms with Gasteiger partial charge in [0.2, 0.25) is 0 Å². The summed E-state index contributed by atoms with van der Waals surface area (Å²) in [4.78, 5) is 3.27. The molecular formula is C11H13N. The first kappa shape index (κ1) is 7.41. The second-order valence-electron chi connectivity index (χ2n) is 3.44. The van der Waals surface area contributed by atoms with Gasteiger partial charge in [-0.1, -0.05) is 17.7 Å². The third-order valence-electron chi connectivity index (χ3n) is 2.30. The minimum Gasteiger partial charge on any atom is -0.361 e. The maximum atomic E-state index is 3.27. The van der Waals surface area contributed by atoms with Gasteiger partial charge in [0.05, 0.1) is 0 Å². The maximum Gasteiger partial charge on any atom is 0.0446 e. The molecule has 0 spiro atoms. The molecule has 0 atom stereocenters. The predicted molar refractivity (Wildman–Crippen MR) is 52.0 cm³/mol. The number of fused-ring (bicyclic) bond motifs is 1. The zero-order valence-corrected chi connectivity index (χ0v) is 7.52. The van der Waals surface area contributed by atoms with E-state index >= 15 is 0 Å². The molecule has 12 heavy (non-hydrogen) atoms. The lowest BCUT2D eigenvalue weighted by molar-refractivity contribution is 1.17. The Morgan fingerprint density at radius 1 is 1.25 bits per heavy atom. The third kappa shape index (κ3) is 1.11. The van der Waals surface area contributed by atoms with Crippen molar-refractivity contribution in [1.82, 2.24) is 4.98 Å². The molecule has 62 valence electrons. The van der Waals surface area contributed by atoms with Crippen LogP contribution in [0.1, 0.15) is 20.3 Å². The summed E-state index contributed by atoms with van der Waals surface area (Å²) in [5.41, 5.74) is 2.86. The number of allylic oxidation sites excluding steroid dienone is 2. The van der Waals surface area contributed by atoms with Crippen LogP contribution in [-0.4, -0.2) is 4.98 Å². The number of nitrogens with one attached hydrogen (secondary N) is 1. The Bertz CT molecular complexity index is 432. The number of rotatable bonds is 0. The van der Waals surface area contributed by atoms with Gasteiger partial charge in [0.1, 0.15) is 0 Å². The molecule has 1 heterocycles. The van der Waals surface area contributed by atoms with E-state index in [4.69, 9.17) is 0 Å². The highest BCUT2D eigenvalue weighted by Gasteiger charge is 1.98. The van der Waals surface area contributed by atoms with Crippen LogP contribution in [0.4, 0.5) is 0 Å². The van der Waals surface area contributed by atoms with Crippen LogP contribution in [0.2, 0.25) is 0 Å². The van der Waals surface area contributed by atoms with Crippen LogP contribution in [0.15, 0.2) is 23.9 Å². The van der Waals surface area contributed by atoms with Gasteiger partial charge in [0.25, 0.3) is 0 Å². The first-order valence-electron chi connectivity index (χ1n) is 4.28. The fraction of sp³-hybridized carbons (Fsp3) is 0.273. The smallest absolute Gasteiger partial charge is 0.0446 e. The molecule has 2 rings (SSSR count). The molecule has 1 aromatic rings. The molecular weight excluding hydrogens is 146 g/mol. The average Bonchev–Trinajstić information content (AvgIpc) is 2.43. The molecule has 0 unspecified atom stereocenters. The summed E-state index contributed by atoms with van der Waals surface area (Å²) < 4.78 is 0. The van der Waals surface area contributed by atoms with E-state index < -0.39 is 0 Å². The Morgan fingerprint density at radius 3 is 2.92 bits per heavy atom. The molecule has 0 amide bonds. The van der Waals surface area contributed by atoms with Crippen LogP contribution in [0.3, 0.4) is 0 Å². The van der Waals surface area contributed by atoms with Gasteiger partial charge in [-0.2, -0.15) is 0 Å². The lowest BCUT2D eigenvalue weighted by Crippen LogP contribution is -2.23. The number of hydrogen-bond acceptors (Lipinski definition) is 0.